The van der Waals surface area contributed by atoms with E-state index in [4.69, 9.17) is 5.73 Å². The maximum atomic E-state index is 5.46. The van der Waals surface area contributed by atoms with Crippen LogP contribution in [0, 0.1) is 5.92 Å². The van der Waals surface area contributed by atoms with Crippen molar-refractivity contribution in [1.82, 2.24) is 14.8 Å². The highest BCUT2D eigenvalue weighted by molar-refractivity contribution is 4.80. The summed E-state index contributed by atoms with van der Waals surface area (Å²) in [6.45, 7) is 1.46. The Labute approximate surface area is 84.5 Å². The summed E-state index contributed by atoms with van der Waals surface area (Å²) in [5, 5.41) is 4.30. The zero-order valence-corrected chi connectivity index (χ0v) is 8.52. The highest BCUT2D eigenvalue weighted by atomic mass is 15.3. The molecule has 1 aliphatic carbocycles. The van der Waals surface area contributed by atoms with Crippen molar-refractivity contribution in [2.45, 2.75) is 45.2 Å². The minimum atomic E-state index is 0.442. The summed E-state index contributed by atoms with van der Waals surface area (Å²) in [6, 6.07) is 0. The number of nitrogens with two attached hydrogens (primary N) is 1. The second-order valence-corrected chi connectivity index (χ2v) is 4.09. The van der Waals surface area contributed by atoms with Crippen LogP contribution in [0.5, 0.6) is 0 Å². The van der Waals surface area contributed by atoms with Crippen LogP contribution in [0.1, 0.15) is 37.9 Å². The highest BCUT2D eigenvalue weighted by Crippen LogP contribution is 2.24. The lowest BCUT2D eigenvalue weighted by Gasteiger charge is -2.20. The lowest BCUT2D eigenvalue weighted by atomic mass is 9.89. The summed E-state index contributed by atoms with van der Waals surface area (Å²) in [5.41, 5.74) is 5.46. The van der Waals surface area contributed by atoms with E-state index >= 15 is 0 Å². The number of hydrogen-bond acceptors (Lipinski definition) is 3. The molecule has 78 valence electrons. The lowest BCUT2D eigenvalue weighted by molar-refractivity contribution is 0.307. The van der Waals surface area contributed by atoms with Crippen LogP contribution in [0.15, 0.2) is 6.33 Å². The molecule has 0 atom stereocenters. The minimum absolute atomic E-state index is 0.442. The highest BCUT2D eigenvalue weighted by Gasteiger charge is 2.14. The van der Waals surface area contributed by atoms with Crippen molar-refractivity contribution in [2.75, 3.05) is 0 Å². The van der Waals surface area contributed by atoms with Gasteiger partial charge in [-0.25, -0.2) is 4.98 Å². The molecule has 2 rings (SSSR count). The summed E-state index contributed by atoms with van der Waals surface area (Å²) in [4.78, 5) is 4.13. The first-order valence-electron chi connectivity index (χ1n) is 5.47. The number of nitrogens with zero attached hydrogens (tertiary/aromatic N) is 3. The number of hydrogen-bond donors (Lipinski definition) is 1. The molecular weight excluding hydrogens is 176 g/mol. The Hall–Kier alpha value is -0.900. The molecule has 1 aromatic heterocycles. The maximum absolute atomic E-state index is 5.46. The Morgan fingerprint density at radius 3 is 2.79 bits per heavy atom. The van der Waals surface area contributed by atoms with E-state index in [2.05, 4.69) is 10.1 Å². The Morgan fingerprint density at radius 2 is 2.14 bits per heavy atom. The van der Waals surface area contributed by atoms with Gasteiger partial charge in [0.2, 0.25) is 0 Å². The minimum Gasteiger partial charge on any atom is -0.324 e. The molecule has 0 aliphatic heterocycles. The smallest absolute Gasteiger partial charge is 0.164 e. The van der Waals surface area contributed by atoms with Gasteiger partial charge in [-0.15, -0.1) is 0 Å². The fraction of sp³-hybridized carbons (Fsp3) is 0.800. The van der Waals surface area contributed by atoms with E-state index < -0.39 is 0 Å². The summed E-state index contributed by atoms with van der Waals surface area (Å²) < 4.78 is 1.94. The van der Waals surface area contributed by atoms with Crippen molar-refractivity contribution in [3.05, 3.63) is 12.2 Å². The molecule has 1 fully saturated rings. The van der Waals surface area contributed by atoms with Crippen LogP contribution in [0.3, 0.4) is 0 Å². The van der Waals surface area contributed by atoms with Gasteiger partial charge in [-0.1, -0.05) is 19.3 Å². The molecule has 4 nitrogen and oxygen atoms in total. The number of aromatic nitrogens is 3. The largest absolute Gasteiger partial charge is 0.324 e. The zero-order chi connectivity index (χ0) is 9.80. The molecule has 2 N–H and O–H groups in total. The van der Waals surface area contributed by atoms with Crippen molar-refractivity contribution < 1.29 is 0 Å². The van der Waals surface area contributed by atoms with E-state index in [1.807, 2.05) is 4.68 Å². The predicted molar refractivity (Wildman–Crippen MR) is 54.5 cm³/mol. The molecule has 0 radical (unpaired) electrons. The fourth-order valence-electron chi connectivity index (χ4n) is 2.15. The molecule has 14 heavy (non-hydrogen) atoms. The lowest BCUT2D eigenvalue weighted by Crippen LogP contribution is -2.14. The van der Waals surface area contributed by atoms with Gasteiger partial charge in [0, 0.05) is 6.54 Å². The van der Waals surface area contributed by atoms with Gasteiger partial charge in [0.15, 0.2) is 5.82 Å². The van der Waals surface area contributed by atoms with Crippen LogP contribution >= 0.6 is 0 Å². The van der Waals surface area contributed by atoms with Gasteiger partial charge in [0.05, 0.1) is 6.54 Å². The molecule has 1 heterocycles. The van der Waals surface area contributed by atoms with Crippen LogP contribution in [-0.4, -0.2) is 14.8 Å². The first-order chi connectivity index (χ1) is 6.88. The van der Waals surface area contributed by atoms with Crippen LogP contribution in [0.25, 0.3) is 0 Å². The SMILES string of the molecule is NCc1ncn(CC2CCCCC2)n1. The Morgan fingerprint density at radius 1 is 1.36 bits per heavy atom. The van der Waals surface area contributed by atoms with Crippen molar-refractivity contribution in [1.29, 1.82) is 0 Å². The molecule has 4 heteroatoms. The molecular formula is C10H18N4. The Balaban J connectivity index is 1.89. The predicted octanol–water partition coefficient (Wildman–Crippen LogP) is 1.32. The third-order valence-electron chi connectivity index (χ3n) is 2.94. The fourth-order valence-corrected chi connectivity index (χ4v) is 2.15. The molecule has 1 saturated carbocycles. The van der Waals surface area contributed by atoms with Gasteiger partial charge >= 0.3 is 0 Å². The maximum Gasteiger partial charge on any atom is 0.164 e. The molecule has 0 saturated heterocycles. The molecule has 0 aromatic carbocycles. The molecule has 0 spiro atoms. The second-order valence-electron chi connectivity index (χ2n) is 4.09. The quantitative estimate of drug-likeness (QED) is 0.789. The topological polar surface area (TPSA) is 56.7 Å². The van der Waals surface area contributed by atoms with Crippen LogP contribution in [-0.2, 0) is 13.1 Å². The van der Waals surface area contributed by atoms with E-state index in [0.29, 0.717) is 6.54 Å². The van der Waals surface area contributed by atoms with E-state index in [-0.39, 0.29) is 0 Å². The summed E-state index contributed by atoms with van der Waals surface area (Å²) in [5.74, 6) is 1.55. The third kappa shape index (κ3) is 2.32. The monoisotopic (exact) mass is 194 g/mol. The van der Waals surface area contributed by atoms with E-state index in [1.54, 1.807) is 6.33 Å². The van der Waals surface area contributed by atoms with E-state index in [1.165, 1.54) is 32.1 Å². The van der Waals surface area contributed by atoms with Crippen LogP contribution in [0.4, 0.5) is 0 Å². The Kier molecular flexibility index (Phi) is 3.14. The van der Waals surface area contributed by atoms with Gasteiger partial charge in [-0.2, -0.15) is 5.10 Å². The molecule has 0 bridgehead atoms. The summed E-state index contributed by atoms with van der Waals surface area (Å²) in [6.07, 6.45) is 8.65. The number of rotatable bonds is 3. The summed E-state index contributed by atoms with van der Waals surface area (Å²) in [7, 11) is 0. The average Bonchev–Trinajstić information content (AvgIpc) is 2.67. The first-order valence-corrected chi connectivity index (χ1v) is 5.47. The van der Waals surface area contributed by atoms with Crippen molar-refractivity contribution in [3.63, 3.8) is 0 Å². The molecule has 1 aliphatic rings. The van der Waals surface area contributed by atoms with E-state index in [9.17, 15) is 0 Å². The molecule has 1 aromatic rings. The van der Waals surface area contributed by atoms with Crippen molar-refractivity contribution in [2.24, 2.45) is 11.7 Å². The second kappa shape index (κ2) is 4.55. The molecule has 0 unspecified atom stereocenters. The van der Waals surface area contributed by atoms with Gasteiger partial charge in [-0.05, 0) is 18.8 Å². The zero-order valence-electron chi connectivity index (χ0n) is 8.52. The molecule has 0 amide bonds. The van der Waals surface area contributed by atoms with E-state index in [0.717, 1.165) is 18.3 Å². The van der Waals surface area contributed by atoms with Gasteiger partial charge in [0.25, 0.3) is 0 Å². The van der Waals surface area contributed by atoms with Crippen molar-refractivity contribution >= 4 is 0 Å². The summed E-state index contributed by atoms with van der Waals surface area (Å²) >= 11 is 0. The Bertz CT molecular complexity index is 275. The van der Waals surface area contributed by atoms with Gasteiger partial charge in [-0.3, -0.25) is 4.68 Å². The van der Waals surface area contributed by atoms with Gasteiger partial charge < -0.3 is 5.73 Å². The normalized spacial score (nSPS) is 18.6. The van der Waals surface area contributed by atoms with Gasteiger partial charge in [0.1, 0.15) is 6.33 Å². The first kappa shape index (κ1) is 9.65. The standard InChI is InChI=1S/C10H18N4/c11-6-10-12-8-14(13-10)7-9-4-2-1-3-5-9/h8-9H,1-7,11H2. The van der Waals surface area contributed by atoms with Crippen molar-refractivity contribution in [3.8, 4) is 0 Å². The van der Waals surface area contributed by atoms with Crippen LogP contribution in [0.2, 0.25) is 0 Å². The average molecular weight is 194 g/mol. The third-order valence-corrected chi connectivity index (χ3v) is 2.94. The van der Waals surface area contributed by atoms with Crippen LogP contribution < -0.4 is 5.73 Å².